The minimum Gasteiger partial charge on any atom is -0.381 e. The van der Waals surface area contributed by atoms with E-state index >= 15 is 0 Å². The lowest BCUT2D eigenvalue weighted by Gasteiger charge is -2.09. The number of anilines is 1. The Bertz CT molecular complexity index is 1330. The van der Waals surface area contributed by atoms with Crippen LogP contribution in [0, 0.1) is 12.3 Å². The summed E-state index contributed by atoms with van der Waals surface area (Å²) in [5.41, 5.74) is 12.8. The number of aromatic nitrogens is 4. The highest BCUT2D eigenvalue weighted by Crippen LogP contribution is 2.16. The molecule has 8 heteroatoms. The molecule has 8 nitrogen and oxygen atoms in total. The number of pyridine rings is 1. The zero-order chi connectivity index (χ0) is 21.1. The number of hydrogen-bond acceptors (Lipinski definition) is 5. The van der Waals surface area contributed by atoms with Gasteiger partial charge in [0.25, 0.3) is 11.5 Å². The number of carbonyl (C=O) groups excluding carboxylic acids is 1. The van der Waals surface area contributed by atoms with Gasteiger partial charge in [-0.15, -0.1) is 11.5 Å². The molecule has 0 saturated carbocycles. The Morgan fingerprint density at radius 3 is 2.72 bits per heavy atom. The van der Waals surface area contributed by atoms with Crippen molar-refractivity contribution < 1.29 is 4.79 Å². The maximum Gasteiger partial charge on any atom is 0.259 e. The highest BCUT2D eigenvalue weighted by Gasteiger charge is 2.15. The third kappa shape index (κ3) is 3.53. The Morgan fingerprint density at radius 2 is 2.07 bits per heavy atom. The highest BCUT2D eigenvalue weighted by molar-refractivity contribution is 6.03. The molecule has 0 fully saturated rings. The first-order valence-electron chi connectivity index (χ1n) is 8.85. The van der Waals surface area contributed by atoms with Crippen molar-refractivity contribution in [3.8, 4) is 12.3 Å². The normalized spacial score (nSPS) is 10.4. The second kappa shape index (κ2) is 7.86. The Hall–Kier alpha value is -4.12. The molecule has 29 heavy (non-hydrogen) atoms. The molecule has 3 aromatic heterocycles. The Balaban J connectivity index is 0.000000169. The summed E-state index contributed by atoms with van der Waals surface area (Å²) in [6.07, 6.45) is 9.43. The van der Waals surface area contributed by atoms with E-state index in [9.17, 15) is 9.59 Å². The van der Waals surface area contributed by atoms with Crippen LogP contribution in [0.4, 0.5) is 5.82 Å². The molecular weight excluding hydrogens is 368 g/mol. The third-order valence-corrected chi connectivity index (χ3v) is 4.55. The van der Waals surface area contributed by atoms with Gasteiger partial charge < -0.3 is 16.0 Å². The van der Waals surface area contributed by atoms with Gasteiger partial charge in [-0.3, -0.25) is 9.59 Å². The van der Waals surface area contributed by atoms with E-state index in [1.165, 1.54) is 4.52 Å². The fourth-order valence-electron chi connectivity index (χ4n) is 3.10. The standard InChI is InChI=1S/C14H13NO.C7H7N5O/c1-4-10-7-6-8-11-9-12(5-2)15(3)14(16)13(10)11;8-5-4(6(9)13)7-10-2-1-3-12(7)11-5/h1,6-9H,5H2,2-3H3;1-3H,(H2,8,11)(H2,9,13). The summed E-state index contributed by atoms with van der Waals surface area (Å²) in [5.74, 6) is 2.05. The molecule has 0 aliphatic rings. The smallest absolute Gasteiger partial charge is 0.259 e. The number of hydrogen-bond donors (Lipinski definition) is 2. The molecule has 0 atom stereocenters. The number of nitrogens with zero attached hydrogens (tertiary/aromatic N) is 4. The van der Waals surface area contributed by atoms with Gasteiger partial charge in [-0.25, -0.2) is 9.50 Å². The quantitative estimate of drug-likeness (QED) is 0.504. The predicted octanol–water partition coefficient (Wildman–Crippen LogP) is 1.49. The van der Waals surface area contributed by atoms with Crippen molar-refractivity contribution in [1.82, 2.24) is 19.2 Å². The average Bonchev–Trinajstić information content (AvgIpc) is 3.06. The lowest BCUT2D eigenvalue weighted by molar-refractivity contribution is 0.100. The Labute approximate surface area is 166 Å². The lowest BCUT2D eigenvalue weighted by atomic mass is 10.1. The van der Waals surface area contributed by atoms with Gasteiger partial charge >= 0.3 is 0 Å². The van der Waals surface area contributed by atoms with Gasteiger partial charge in [0.15, 0.2) is 11.5 Å². The second-order valence-corrected chi connectivity index (χ2v) is 6.28. The van der Waals surface area contributed by atoms with E-state index in [0.29, 0.717) is 16.6 Å². The monoisotopic (exact) mass is 388 g/mol. The van der Waals surface area contributed by atoms with E-state index in [4.69, 9.17) is 17.9 Å². The van der Waals surface area contributed by atoms with Crippen LogP contribution in [-0.4, -0.2) is 25.1 Å². The third-order valence-electron chi connectivity index (χ3n) is 4.55. The average molecular weight is 388 g/mol. The molecule has 0 aliphatic carbocycles. The zero-order valence-electron chi connectivity index (χ0n) is 16.1. The lowest BCUT2D eigenvalue weighted by Crippen LogP contribution is -2.20. The van der Waals surface area contributed by atoms with E-state index in [2.05, 4.69) is 16.0 Å². The van der Waals surface area contributed by atoms with Crippen LogP contribution in [0.5, 0.6) is 0 Å². The van der Waals surface area contributed by atoms with Crippen molar-refractivity contribution in [2.75, 3.05) is 5.73 Å². The number of carbonyl (C=O) groups is 1. The molecule has 3 heterocycles. The van der Waals surface area contributed by atoms with Crippen LogP contribution >= 0.6 is 0 Å². The number of terminal acetylenes is 1. The van der Waals surface area contributed by atoms with Gasteiger partial charge in [0.2, 0.25) is 0 Å². The first kappa shape index (κ1) is 19.6. The number of fused-ring (bicyclic) bond motifs is 2. The van der Waals surface area contributed by atoms with Crippen molar-refractivity contribution in [3.63, 3.8) is 0 Å². The van der Waals surface area contributed by atoms with Crippen molar-refractivity contribution >= 4 is 28.1 Å². The van der Waals surface area contributed by atoms with Gasteiger partial charge in [0.05, 0.1) is 5.39 Å². The van der Waals surface area contributed by atoms with E-state index in [1.54, 1.807) is 36.1 Å². The Kier molecular flexibility index (Phi) is 5.32. The van der Waals surface area contributed by atoms with Gasteiger partial charge in [-0.1, -0.05) is 25.0 Å². The molecule has 0 aliphatic heterocycles. The predicted molar refractivity (Wildman–Crippen MR) is 112 cm³/mol. The van der Waals surface area contributed by atoms with E-state index in [1.807, 2.05) is 25.1 Å². The minimum atomic E-state index is -0.619. The molecule has 0 unspecified atom stereocenters. The van der Waals surface area contributed by atoms with Gasteiger partial charge in [-0.2, -0.15) is 0 Å². The van der Waals surface area contributed by atoms with Crippen molar-refractivity contribution in [3.05, 3.63) is 69.9 Å². The van der Waals surface area contributed by atoms with Crippen LogP contribution in [0.15, 0.2) is 47.5 Å². The number of nitrogens with two attached hydrogens (primary N) is 2. The molecule has 146 valence electrons. The van der Waals surface area contributed by atoms with Crippen LogP contribution in [-0.2, 0) is 13.5 Å². The number of nitrogen functional groups attached to an aromatic ring is 1. The maximum absolute atomic E-state index is 12.2. The summed E-state index contributed by atoms with van der Waals surface area (Å²) in [7, 11) is 1.79. The molecular formula is C21H20N6O2. The van der Waals surface area contributed by atoms with Crippen LogP contribution in [0.25, 0.3) is 16.4 Å². The van der Waals surface area contributed by atoms with E-state index < -0.39 is 5.91 Å². The summed E-state index contributed by atoms with van der Waals surface area (Å²) < 4.78 is 3.08. The highest BCUT2D eigenvalue weighted by atomic mass is 16.1. The van der Waals surface area contributed by atoms with Crippen LogP contribution in [0.3, 0.4) is 0 Å². The SMILES string of the molecule is C#Cc1cccc2cc(CC)n(C)c(=O)c12.NC(=O)c1c(N)nn2cccnc12. The number of amides is 1. The fraction of sp³-hybridized carbons (Fsp3) is 0.143. The number of benzene rings is 1. The topological polar surface area (TPSA) is 121 Å². The summed E-state index contributed by atoms with van der Waals surface area (Å²) in [4.78, 5) is 27.0. The van der Waals surface area contributed by atoms with Gasteiger partial charge in [0, 0.05) is 30.7 Å². The fourth-order valence-corrected chi connectivity index (χ4v) is 3.10. The zero-order valence-corrected chi connectivity index (χ0v) is 16.1. The number of primary amides is 1. The molecule has 0 bridgehead atoms. The van der Waals surface area contributed by atoms with Crippen LogP contribution < -0.4 is 17.0 Å². The minimum absolute atomic E-state index is 0.0112. The van der Waals surface area contributed by atoms with Crippen molar-refractivity contribution in [2.24, 2.45) is 12.8 Å². The molecule has 4 aromatic rings. The molecule has 4 rings (SSSR count). The Morgan fingerprint density at radius 1 is 1.31 bits per heavy atom. The summed E-state index contributed by atoms with van der Waals surface area (Å²) in [5, 5.41) is 5.44. The van der Waals surface area contributed by atoms with E-state index in [-0.39, 0.29) is 16.9 Å². The molecule has 4 N–H and O–H groups in total. The number of rotatable bonds is 2. The molecule has 0 saturated heterocycles. The largest absolute Gasteiger partial charge is 0.381 e. The van der Waals surface area contributed by atoms with Crippen molar-refractivity contribution in [2.45, 2.75) is 13.3 Å². The maximum atomic E-state index is 12.2. The first-order chi connectivity index (χ1) is 13.9. The second-order valence-electron chi connectivity index (χ2n) is 6.28. The van der Waals surface area contributed by atoms with E-state index in [0.717, 1.165) is 17.5 Å². The molecule has 0 spiro atoms. The summed E-state index contributed by atoms with van der Waals surface area (Å²) in [6, 6.07) is 9.32. The number of aryl methyl sites for hydroxylation is 1. The summed E-state index contributed by atoms with van der Waals surface area (Å²) in [6.45, 7) is 2.03. The summed E-state index contributed by atoms with van der Waals surface area (Å²) >= 11 is 0. The molecule has 1 aromatic carbocycles. The van der Waals surface area contributed by atoms with Crippen LogP contribution in [0.2, 0.25) is 0 Å². The van der Waals surface area contributed by atoms with Gasteiger partial charge in [0.1, 0.15) is 5.56 Å². The van der Waals surface area contributed by atoms with Crippen molar-refractivity contribution in [1.29, 1.82) is 0 Å². The molecule has 0 radical (unpaired) electrons. The molecule has 1 amide bonds. The first-order valence-corrected chi connectivity index (χ1v) is 8.85. The van der Waals surface area contributed by atoms with Crippen LogP contribution in [0.1, 0.15) is 28.5 Å². The van der Waals surface area contributed by atoms with Gasteiger partial charge in [-0.05, 0) is 30.0 Å².